The van der Waals surface area contributed by atoms with Crippen LogP contribution in [0.5, 0.6) is 0 Å². The van der Waals surface area contributed by atoms with E-state index in [0.29, 0.717) is 6.54 Å². The van der Waals surface area contributed by atoms with E-state index in [0.717, 1.165) is 43.8 Å². The van der Waals surface area contributed by atoms with Gasteiger partial charge in [0.15, 0.2) is 0 Å². The van der Waals surface area contributed by atoms with E-state index < -0.39 is 0 Å². The minimum absolute atomic E-state index is 0.0308. The van der Waals surface area contributed by atoms with Gasteiger partial charge in [0.2, 0.25) is 5.91 Å². The van der Waals surface area contributed by atoms with Gasteiger partial charge in [-0.1, -0.05) is 18.2 Å². The molecule has 0 aliphatic carbocycles. The minimum Gasteiger partial charge on any atom is -0.377 e. The lowest BCUT2D eigenvalue weighted by atomic mass is 10.1. The Labute approximate surface area is 153 Å². The Hall–Kier alpha value is -1.69. The summed E-state index contributed by atoms with van der Waals surface area (Å²) in [7, 11) is 0. The van der Waals surface area contributed by atoms with Gasteiger partial charge in [-0.15, -0.1) is 11.3 Å². The highest BCUT2D eigenvalue weighted by Gasteiger charge is 2.21. The quantitative estimate of drug-likeness (QED) is 0.814. The van der Waals surface area contributed by atoms with Gasteiger partial charge in [-0.3, -0.25) is 9.69 Å². The van der Waals surface area contributed by atoms with Gasteiger partial charge in [0.05, 0.1) is 12.6 Å². The second-order valence-corrected chi connectivity index (χ2v) is 7.71. The van der Waals surface area contributed by atoms with Gasteiger partial charge in [-0.05, 0) is 55.3 Å². The number of anilines is 1. The van der Waals surface area contributed by atoms with E-state index in [4.69, 9.17) is 4.74 Å². The third-order valence-corrected chi connectivity index (χ3v) is 5.55. The molecule has 0 radical (unpaired) electrons. The molecule has 1 aromatic heterocycles. The van der Waals surface area contributed by atoms with E-state index in [1.807, 2.05) is 19.1 Å². The van der Waals surface area contributed by atoms with Gasteiger partial charge in [0.25, 0.3) is 0 Å². The summed E-state index contributed by atoms with van der Waals surface area (Å²) in [4.78, 5) is 16.1. The molecule has 134 valence electrons. The highest BCUT2D eigenvalue weighted by atomic mass is 32.1. The molecule has 5 heteroatoms. The first-order valence-electron chi connectivity index (χ1n) is 8.84. The van der Waals surface area contributed by atoms with Crippen molar-refractivity contribution in [1.82, 2.24) is 4.90 Å². The zero-order chi connectivity index (χ0) is 17.6. The lowest BCUT2D eigenvalue weighted by molar-refractivity contribution is -0.117. The molecule has 0 spiro atoms. The van der Waals surface area contributed by atoms with Crippen LogP contribution < -0.4 is 5.32 Å². The van der Waals surface area contributed by atoms with Gasteiger partial charge in [0, 0.05) is 30.3 Å². The molecule has 1 aliphatic rings. The van der Waals surface area contributed by atoms with Crippen molar-refractivity contribution in [2.45, 2.75) is 39.3 Å². The van der Waals surface area contributed by atoms with Crippen LogP contribution in [0.1, 0.15) is 28.8 Å². The molecule has 3 rings (SSSR count). The second kappa shape index (κ2) is 8.61. The van der Waals surface area contributed by atoms with Crippen molar-refractivity contribution in [3.63, 3.8) is 0 Å². The average Bonchev–Trinajstić information content (AvgIpc) is 3.26. The molecule has 1 unspecified atom stereocenters. The molecule has 0 bridgehead atoms. The van der Waals surface area contributed by atoms with Crippen LogP contribution in [0.4, 0.5) is 5.69 Å². The normalized spacial score (nSPS) is 17.2. The van der Waals surface area contributed by atoms with Crippen LogP contribution in [0, 0.1) is 13.8 Å². The number of benzene rings is 1. The van der Waals surface area contributed by atoms with Crippen molar-refractivity contribution >= 4 is 22.9 Å². The summed E-state index contributed by atoms with van der Waals surface area (Å²) in [6.07, 6.45) is 2.44. The molecular weight excluding hydrogens is 332 g/mol. The first-order valence-corrected chi connectivity index (χ1v) is 9.72. The Kier molecular flexibility index (Phi) is 6.24. The third-order valence-electron chi connectivity index (χ3n) is 4.69. The largest absolute Gasteiger partial charge is 0.377 e. The lowest BCUT2D eigenvalue weighted by Crippen LogP contribution is -2.37. The molecule has 4 nitrogen and oxygen atoms in total. The van der Waals surface area contributed by atoms with Gasteiger partial charge in [-0.2, -0.15) is 0 Å². The Balaban J connectivity index is 1.63. The molecule has 2 heterocycles. The summed E-state index contributed by atoms with van der Waals surface area (Å²) in [6.45, 7) is 6.92. The van der Waals surface area contributed by atoms with Crippen LogP contribution in [0.2, 0.25) is 0 Å². The van der Waals surface area contributed by atoms with E-state index in [-0.39, 0.29) is 12.0 Å². The number of rotatable bonds is 7. The van der Waals surface area contributed by atoms with Gasteiger partial charge >= 0.3 is 0 Å². The molecule has 25 heavy (non-hydrogen) atoms. The zero-order valence-electron chi connectivity index (χ0n) is 15.0. The van der Waals surface area contributed by atoms with Gasteiger partial charge < -0.3 is 10.1 Å². The summed E-state index contributed by atoms with van der Waals surface area (Å²) in [5.41, 5.74) is 3.21. The van der Waals surface area contributed by atoms with Crippen LogP contribution in [-0.2, 0) is 16.1 Å². The van der Waals surface area contributed by atoms with E-state index in [9.17, 15) is 4.79 Å². The smallest absolute Gasteiger partial charge is 0.238 e. The van der Waals surface area contributed by atoms with Crippen molar-refractivity contribution in [3.8, 4) is 0 Å². The maximum atomic E-state index is 12.6. The van der Waals surface area contributed by atoms with Crippen LogP contribution in [0.15, 0.2) is 35.7 Å². The van der Waals surface area contributed by atoms with Crippen molar-refractivity contribution in [1.29, 1.82) is 0 Å². The summed E-state index contributed by atoms with van der Waals surface area (Å²) in [5.74, 6) is 0.0308. The maximum absolute atomic E-state index is 12.6. The average molecular weight is 359 g/mol. The number of thiophene rings is 1. The Morgan fingerprint density at radius 2 is 2.20 bits per heavy atom. The topological polar surface area (TPSA) is 41.6 Å². The standard InChI is InChI=1S/C20H26N2O2S/c1-15-6-3-9-19(16(15)2)21-20(23)14-22(12-17-7-4-10-24-17)13-18-8-5-11-25-18/h3,5-6,8-9,11,17H,4,7,10,12-14H2,1-2H3,(H,21,23). The first kappa shape index (κ1) is 18.1. The second-order valence-electron chi connectivity index (χ2n) is 6.68. The molecule has 0 saturated carbocycles. The number of nitrogens with one attached hydrogen (secondary N) is 1. The highest BCUT2D eigenvalue weighted by Crippen LogP contribution is 2.19. The fourth-order valence-electron chi connectivity index (χ4n) is 3.16. The maximum Gasteiger partial charge on any atom is 0.238 e. The summed E-state index contributed by atoms with van der Waals surface area (Å²) < 4.78 is 5.77. The molecule has 1 atom stereocenters. The fourth-order valence-corrected chi connectivity index (χ4v) is 3.91. The molecule has 1 aromatic carbocycles. The molecular formula is C20H26N2O2S. The van der Waals surface area contributed by atoms with Crippen LogP contribution in [0.25, 0.3) is 0 Å². The van der Waals surface area contributed by atoms with Gasteiger partial charge in [0.1, 0.15) is 0 Å². The third kappa shape index (κ3) is 5.14. The number of carbonyl (C=O) groups excluding carboxylic acids is 1. The lowest BCUT2D eigenvalue weighted by Gasteiger charge is -2.24. The van der Waals surface area contributed by atoms with Crippen molar-refractivity contribution < 1.29 is 9.53 Å². The SMILES string of the molecule is Cc1cccc(NC(=O)CN(Cc2cccs2)CC2CCCO2)c1C. The molecule has 1 N–H and O–H groups in total. The van der Waals surface area contributed by atoms with E-state index in [2.05, 4.69) is 40.7 Å². The summed E-state index contributed by atoms with van der Waals surface area (Å²) in [5, 5.41) is 5.15. The number of ether oxygens (including phenoxy) is 1. The Morgan fingerprint density at radius 3 is 2.92 bits per heavy atom. The molecule has 1 fully saturated rings. The predicted octanol–water partition coefficient (Wildman–Crippen LogP) is 3.98. The van der Waals surface area contributed by atoms with Crippen molar-refractivity contribution in [2.24, 2.45) is 0 Å². The molecule has 1 amide bonds. The van der Waals surface area contributed by atoms with Crippen LogP contribution in [-0.4, -0.2) is 36.6 Å². The predicted molar refractivity (Wildman–Crippen MR) is 103 cm³/mol. The number of aryl methyl sites for hydroxylation is 1. The molecule has 1 aliphatic heterocycles. The monoisotopic (exact) mass is 358 g/mol. The van der Waals surface area contributed by atoms with Gasteiger partial charge in [-0.25, -0.2) is 0 Å². The number of carbonyl (C=O) groups is 1. The van der Waals surface area contributed by atoms with Crippen molar-refractivity contribution in [3.05, 3.63) is 51.7 Å². The number of hydrogen-bond acceptors (Lipinski definition) is 4. The van der Waals surface area contributed by atoms with E-state index in [1.54, 1.807) is 11.3 Å². The van der Waals surface area contributed by atoms with Crippen LogP contribution in [0.3, 0.4) is 0 Å². The summed E-state index contributed by atoms with van der Waals surface area (Å²) in [6, 6.07) is 10.2. The minimum atomic E-state index is 0.0308. The molecule has 2 aromatic rings. The molecule has 1 saturated heterocycles. The summed E-state index contributed by atoms with van der Waals surface area (Å²) >= 11 is 1.73. The number of amides is 1. The Bertz CT molecular complexity index is 694. The van der Waals surface area contributed by atoms with E-state index >= 15 is 0 Å². The van der Waals surface area contributed by atoms with Crippen LogP contribution >= 0.6 is 11.3 Å². The van der Waals surface area contributed by atoms with E-state index in [1.165, 1.54) is 10.4 Å². The number of hydrogen-bond donors (Lipinski definition) is 1. The fraction of sp³-hybridized carbons (Fsp3) is 0.450. The first-order chi connectivity index (χ1) is 12.1. The van der Waals surface area contributed by atoms with Crippen molar-refractivity contribution in [2.75, 3.05) is 25.0 Å². The zero-order valence-corrected chi connectivity index (χ0v) is 15.8. The Morgan fingerprint density at radius 1 is 1.32 bits per heavy atom. The number of nitrogens with zero attached hydrogens (tertiary/aromatic N) is 1. The highest BCUT2D eigenvalue weighted by molar-refractivity contribution is 7.09.